The molecule has 0 aromatic heterocycles. The topological polar surface area (TPSA) is 91.7 Å². The summed E-state index contributed by atoms with van der Waals surface area (Å²) < 4.78 is 24.1. The number of sulfone groups is 1. The van der Waals surface area contributed by atoms with Gasteiger partial charge in [-0.1, -0.05) is 17.7 Å². The van der Waals surface area contributed by atoms with Gasteiger partial charge in [0.2, 0.25) is 9.84 Å². The molecule has 2 rings (SSSR count). The normalized spacial score (nSPS) is 18.6. The monoisotopic (exact) mass is 288 g/mol. The summed E-state index contributed by atoms with van der Waals surface area (Å²) in [5.74, 6) is -1.50. The molecule has 0 spiro atoms. The standard InChI is InChI=1S/C11H9ClO5S/c1-5-9(10(13)11(14)15)7-3-2-6(12)4-8(7)18(5,16)17/h2-4,10,13H,1H3,(H,14,15). The predicted molar refractivity (Wildman–Crippen MR) is 64.9 cm³/mol. The highest BCUT2D eigenvalue weighted by Gasteiger charge is 2.38. The molecule has 0 fully saturated rings. The fourth-order valence-corrected chi connectivity index (χ4v) is 3.73. The Morgan fingerprint density at radius 1 is 1.39 bits per heavy atom. The van der Waals surface area contributed by atoms with Crippen LogP contribution in [0.15, 0.2) is 28.0 Å². The van der Waals surface area contributed by atoms with Crippen LogP contribution in [-0.4, -0.2) is 30.7 Å². The van der Waals surface area contributed by atoms with Crippen molar-refractivity contribution >= 4 is 33.0 Å². The lowest BCUT2D eigenvalue weighted by Gasteiger charge is -2.08. The number of aliphatic carboxylic acids is 1. The number of allylic oxidation sites excluding steroid dienone is 1. The Bertz CT molecular complexity index is 675. The van der Waals surface area contributed by atoms with Gasteiger partial charge in [-0.05, 0) is 19.1 Å². The molecule has 96 valence electrons. The van der Waals surface area contributed by atoms with E-state index in [0.29, 0.717) is 0 Å². The summed E-state index contributed by atoms with van der Waals surface area (Å²) in [5.41, 5.74) is 0.0842. The molecule has 0 bridgehead atoms. The number of hydrogen-bond acceptors (Lipinski definition) is 4. The van der Waals surface area contributed by atoms with E-state index in [0.717, 1.165) is 0 Å². The maximum absolute atomic E-state index is 12.1. The van der Waals surface area contributed by atoms with E-state index < -0.39 is 21.9 Å². The van der Waals surface area contributed by atoms with Crippen molar-refractivity contribution in [1.29, 1.82) is 0 Å². The highest BCUT2D eigenvalue weighted by molar-refractivity contribution is 7.95. The molecule has 0 aliphatic carbocycles. The number of carboxylic acid groups (broad SMARTS) is 1. The van der Waals surface area contributed by atoms with Crippen molar-refractivity contribution in [2.45, 2.75) is 17.9 Å². The smallest absolute Gasteiger partial charge is 0.337 e. The number of halogens is 1. The molecule has 5 nitrogen and oxygen atoms in total. The van der Waals surface area contributed by atoms with Crippen LogP contribution < -0.4 is 0 Å². The molecule has 1 heterocycles. The quantitative estimate of drug-likeness (QED) is 0.856. The fraction of sp³-hybridized carbons (Fsp3) is 0.182. The summed E-state index contributed by atoms with van der Waals surface area (Å²) in [5, 5.41) is 18.6. The van der Waals surface area contributed by atoms with E-state index in [2.05, 4.69) is 0 Å². The number of fused-ring (bicyclic) bond motifs is 1. The van der Waals surface area contributed by atoms with Crippen LogP contribution in [0.5, 0.6) is 0 Å². The third-order valence-corrected chi connectivity index (χ3v) is 4.99. The molecule has 1 aromatic rings. The Balaban J connectivity index is 2.77. The van der Waals surface area contributed by atoms with Crippen molar-refractivity contribution in [3.63, 3.8) is 0 Å². The maximum atomic E-state index is 12.1. The summed E-state index contributed by atoms with van der Waals surface area (Å²) in [7, 11) is -3.76. The minimum atomic E-state index is -3.76. The summed E-state index contributed by atoms with van der Waals surface area (Å²) in [6.45, 7) is 1.27. The van der Waals surface area contributed by atoms with Crippen LogP contribution in [-0.2, 0) is 14.6 Å². The maximum Gasteiger partial charge on any atom is 0.337 e. The zero-order valence-corrected chi connectivity index (χ0v) is 10.8. The number of rotatable bonds is 2. The van der Waals surface area contributed by atoms with Gasteiger partial charge < -0.3 is 10.2 Å². The summed E-state index contributed by atoms with van der Waals surface area (Å²) >= 11 is 5.73. The first-order valence-corrected chi connectivity index (χ1v) is 6.79. The molecule has 1 unspecified atom stereocenters. The molecule has 18 heavy (non-hydrogen) atoms. The summed E-state index contributed by atoms with van der Waals surface area (Å²) in [6, 6.07) is 4.09. The van der Waals surface area contributed by atoms with Gasteiger partial charge in [0.05, 0.1) is 9.80 Å². The molecule has 2 N–H and O–H groups in total. The van der Waals surface area contributed by atoms with Crippen LogP contribution in [0, 0.1) is 0 Å². The van der Waals surface area contributed by atoms with Crippen LogP contribution in [0.3, 0.4) is 0 Å². The fourth-order valence-electron chi connectivity index (χ4n) is 1.90. The molecule has 1 aromatic carbocycles. The second-order valence-corrected chi connectivity index (χ2v) is 6.35. The van der Waals surface area contributed by atoms with Crippen LogP contribution in [0.2, 0.25) is 5.02 Å². The van der Waals surface area contributed by atoms with Crippen molar-refractivity contribution in [2.24, 2.45) is 0 Å². The Kier molecular flexibility index (Phi) is 2.96. The first kappa shape index (κ1) is 13.1. The van der Waals surface area contributed by atoms with Crippen molar-refractivity contribution in [3.05, 3.63) is 33.7 Å². The van der Waals surface area contributed by atoms with Gasteiger partial charge in [-0.15, -0.1) is 0 Å². The lowest BCUT2D eigenvalue weighted by atomic mass is 10.0. The highest BCUT2D eigenvalue weighted by atomic mass is 35.5. The number of carbonyl (C=O) groups is 1. The van der Waals surface area contributed by atoms with Crippen LogP contribution >= 0.6 is 11.6 Å². The van der Waals surface area contributed by atoms with Crippen LogP contribution in [0.1, 0.15) is 12.5 Å². The number of hydrogen-bond donors (Lipinski definition) is 2. The zero-order valence-electron chi connectivity index (χ0n) is 9.21. The Morgan fingerprint density at radius 2 is 2.00 bits per heavy atom. The first-order chi connectivity index (χ1) is 8.26. The highest BCUT2D eigenvalue weighted by Crippen LogP contribution is 2.41. The van der Waals surface area contributed by atoms with Gasteiger partial charge in [0.1, 0.15) is 0 Å². The molecule has 1 aliphatic heterocycles. The van der Waals surface area contributed by atoms with Crippen molar-refractivity contribution in [3.8, 4) is 0 Å². The minimum absolute atomic E-state index is 0.0669. The molecule has 0 amide bonds. The molecule has 0 saturated heterocycles. The SMILES string of the molecule is CC1=C(C(O)C(=O)O)c2ccc(Cl)cc2S1(=O)=O. The Hall–Kier alpha value is -1.37. The van der Waals surface area contributed by atoms with E-state index in [1.54, 1.807) is 0 Å². The van der Waals surface area contributed by atoms with E-state index in [9.17, 15) is 18.3 Å². The molecule has 7 heteroatoms. The Morgan fingerprint density at radius 3 is 2.56 bits per heavy atom. The minimum Gasteiger partial charge on any atom is -0.479 e. The van der Waals surface area contributed by atoms with E-state index >= 15 is 0 Å². The Labute approximate surface area is 108 Å². The van der Waals surface area contributed by atoms with Gasteiger partial charge in [-0.25, -0.2) is 13.2 Å². The van der Waals surface area contributed by atoms with E-state index in [1.807, 2.05) is 0 Å². The number of aliphatic hydroxyl groups excluding tert-OH is 1. The van der Waals surface area contributed by atoms with Gasteiger partial charge in [0.15, 0.2) is 6.10 Å². The van der Waals surface area contributed by atoms with Crippen molar-refractivity contribution in [1.82, 2.24) is 0 Å². The molecule has 0 radical (unpaired) electrons. The second-order valence-electron chi connectivity index (χ2n) is 3.85. The molecule has 0 saturated carbocycles. The van der Waals surface area contributed by atoms with Crippen molar-refractivity contribution in [2.75, 3.05) is 0 Å². The van der Waals surface area contributed by atoms with E-state index in [4.69, 9.17) is 16.7 Å². The molecular weight excluding hydrogens is 280 g/mol. The second kappa shape index (κ2) is 4.08. The van der Waals surface area contributed by atoms with Gasteiger partial charge in [0.25, 0.3) is 0 Å². The zero-order chi connectivity index (χ0) is 13.7. The van der Waals surface area contributed by atoms with Gasteiger partial charge in [-0.3, -0.25) is 0 Å². The number of aliphatic hydroxyl groups is 1. The number of benzene rings is 1. The lowest BCUT2D eigenvalue weighted by Crippen LogP contribution is -2.21. The summed E-state index contributed by atoms with van der Waals surface area (Å²) in [4.78, 5) is 10.6. The van der Waals surface area contributed by atoms with Gasteiger partial charge >= 0.3 is 5.97 Å². The van der Waals surface area contributed by atoms with Crippen LogP contribution in [0.25, 0.3) is 5.57 Å². The van der Waals surface area contributed by atoms with Gasteiger partial charge in [0, 0.05) is 16.2 Å². The van der Waals surface area contributed by atoms with Crippen molar-refractivity contribution < 1.29 is 23.4 Å². The average molecular weight is 289 g/mol. The van der Waals surface area contributed by atoms with E-state index in [-0.39, 0.29) is 26.0 Å². The molecule has 1 aliphatic rings. The predicted octanol–water partition coefficient (Wildman–Crippen LogP) is 1.30. The molecular formula is C11H9ClO5S. The third kappa shape index (κ3) is 1.73. The number of carboxylic acids is 1. The lowest BCUT2D eigenvalue weighted by molar-refractivity contribution is -0.143. The van der Waals surface area contributed by atoms with Gasteiger partial charge in [-0.2, -0.15) is 0 Å². The molecule has 1 atom stereocenters. The summed E-state index contributed by atoms with van der Waals surface area (Å²) in [6.07, 6.45) is -1.87. The third-order valence-electron chi connectivity index (χ3n) is 2.81. The van der Waals surface area contributed by atoms with Crippen LogP contribution in [0.4, 0.5) is 0 Å². The average Bonchev–Trinajstić information content (AvgIpc) is 2.48. The largest absolute Gasteiger partial charge is 0.479 e. The van der Waals surface area contributed by atoms with E-state index in [1.165, 1.54) is 25.1 Å². The first-order valence-electron chi connectivity index (χ1n) is 4.93.